The van der Waals surface area contributed by atoms with Crippen molar-refractivity contribution in [2.45, 2.75) is 43.9 Å². The zero-order valence-corrected chi connectivity index (χ0v) is 27.2. The van der Waals surface area contributed by atoms with Crippen molar-refractivity contribution in [2.24, 2.45) is 9.98 Å². The molecule has 250 valence electrons. The van der Waals surface area contributed by atoms with E-state index in [-0.39, 0.29) is 48.7 Å². The Bertz CT molecular complexity index is 1930. The van der Waals surface area contributed by atoms with Gasteiger partial charge in [-0.3, -0.25) is 9.98 Å². The molecule has 3 aromatic carbocycles. The fourth-order valence-electron chi connectivity index (χ4n) is 5.86. The molecule has 2 atom stereocenters. The highest BCUT2D eigenvalue weighted by Crippen LogP contribution is 2.44. The van der Waals surface area contributed by atoms with Gasteiger partial charge in [-0.2, -0.15) is 9.97 Å². The number of hydrogen-bond acceptors (Lipinski definition) is 11. The van der Waals surface area contributed by atoms with Crippen molar-refractivity contribution in [3.63, 3.8) is 0 Å². The van der Waals surface area contributed by atoms with Crippen LogP contribution in [-0.2, 0) is 18.4 Å². The predicted octanol–water partition coefficient (Wildman–Crippen LogP) is 5.83. The number of aliphatic imine (C=N–C) groups is 2. The van der Waals surface area contributed by atoms with Gasteiger partial charge in [0.05, 0.1) is 44.7 Å². The minimum absolute atomic E-state index is 0. The van der Waals surface area contributed by atoms with Crippen molar-refractivity contribution in [2.75, 3.05) is 33.3 Å². The van der Waals surface area contributed by atoms with Crippen LogP contribution in [0.5, 0.6) is 5.75 Å². The van der Waals surface area contributed by atoms with Crippen LogP contribution in [0, 0.1) is 0 Å². The summed E-state index contributed by atoms with van der Waals surface area (Å²) in [6.45, 7) is -1.96. The molecule has 2 unspecified atom stereocenters. The summed E-state index contributed by atoms with van der Waals surface area (Å²) in [5.74, 6) is 1.86. The van der Waals surface area contributed by atoms with Crippen molar-refractivity contribution in [1.82, 2.24) is 30.5 Å². The highest BCUT2D eigenvalue weighted by Gasteiger charge is 2.43. The number of aromatic nitrogens is 4. The topological polar surface area (TPSA) is 127 Å². The Morgan fingerprint density at radius 3 is 1.90 bits per heavy atom. The van der Waals surface area contributed by atoms with Gasteiger partial charge < -0.3 is 24.0 Å². The standard InChI is InChI=1S/C28H28N4O2.C8H12N4O.ClH/c1-3-26-30-27(34-31-26)21-18-29-20-32(19-21)28(22-10-6-4-7-11-22,23-12-8-5-9-13-23)24-14-16-25(33-2)17-15-24;1-2-7-11-8(13-12-7)6-3-9-5-10-4-6;/h4-17,20-21H,3,18-19H2,1-2H3;5-6H,2-4H2,1H3,(H,9,10);1H/i2*1D3;. The molecule has 2 aromatic heterocycles. The number of benzene rings is 3. The molecule has 0 fully saturated rings. The monoisotopic (exact) mass is 674 g/mol. The number of hydrogen-bond donors (Lipinski definition) is 1. The van der Waals surface area contributed by atoms with E-state index in [0.717, 1.165) is 22.4 Å². The van der Waals surface area contributed by atoms with Gasteiger partial charge in [0.25, 0.3) is 0 Å². The van der Waals surface area contributed by atoms with Crippen LogP contribution in [0.4, 0.5) is 0 Å². The molecule has 0 bridgehead atoms. The molecule has 0 saturated heterocycles. The lowest BCUT2D eigenvalue weighted by Gasteiger charge is -2.46. The van der Waals surface area contributed by atoms with Crippen LogP contribution in [0.1, 0.15) is 73.9 Å². The molecule has 0 saturated carbocycles. The molecule has 1 N–H and O–H groups in total. The van der Waals surface area contributed by atoms with E-state index < -0.39 is 19.2 Å². The lowest BCUT2D eigenvalue weighted by molar-refractivity contribution is 0.228. The van der Waals surface area contributed by atoms with E-state index in [1.165, 1.54) is 0 Å². The minimum atomic E-state index is -2.16. The maximum Gasteiger partial charge on any atom is 0.233 e. The fraction of sp³-hybridized carbons (Fsp3) is 0.333. The predicted molar refractivity (Wildman–Crippen MR) is 187 cm³/mol. The molecule has 4 heterocycles. The molecule has 2 aliphatic rings. The van der Waals surface area contributed by atoms with Gasteiger partial charge in [0.2, 0.25) is 11.8 Å². The zero-order chi connectivity index (χ0) is 37.5. The summed E-state index contributed by atoms with van der Waals surface area (Å²) in [5, 5.41) is 10.5. The molecular formula is C36H41ClN8O3. The first-order valence-electron chi connectivity index (χ1n) is 18.3. The zero-order valence-electron chi connectivity index (χ0n) is 32.4. The summed E-state index contributed by atoms with van der Waals surface area (Å²) < 4.78 is 59.9. The Kier molecular flexibility index (Phi) is 9.10. The minimum Gasteiger partial charge on any atom is -0.497 e. The Balaban J connectivity index is 0.000000276. The Morgan fingerprint density at radius 1 is 0.792 bits per heavy atom. The third kappa shape index (κ3) is 7.26. The molecule has 0 amide bonds. The molecule has 5 aromatic rings. The quantitative estimate of drug-likeness (QED) is 0.192. The van der Waals surface area contributed by atoms with Crippen molar-refractivity contribution < 1.29 is 22.0 Å². The van der Waals surface area contributed by atoms with Crippen molar-refractivity contribution in [3.05, 3.63) is 125 Å². The molecule has 12 heteroatoms. The maximum atomic E-state index is 7.52. The summed E-state index contributed by atoms with van der Waals surface area (Å²) in [6.07, 6.45) is 3.12. The van der Waals surface area contributed by atoms with E-state index in [2.05, 4.69) is 71.9 Å². The third-order valence-electron chi connectivity index (χ3n) is 8.14. The van der Waals surface area contributed by atoms with Gasteiger partial charge in [-0.05, 0) is 28.8 Å². The summed E-state index contributed by atoms with van der Waals surface area (Å²) in [4.78, 5) is 19.5. The average Bonchev–Trinajstić information content (AvgIpc) is 3.82. The van der Waals surface area contributed by atoms with Gasteiger partial charge in [-0.15, -0.1) is 12.4 Å². The third-order valence-corrected chi connectivity index (χ3v) is 8.14. The molecule has 11 nitrogen and oxygen atoms in total. The first-order chi connectivity index (χ1) is 25.4. The van der Waals surface area contributed by atoms with Crippen molar-refractivity contribution >= 4 is 25.1 Å². The van der Waals surface area contributed by atoms with Gasteiger partial charge in [0.1, 0.15) is 11.3 Å². The van der Waals surface area contributed by atoms with Gasteiger partial charge in [0.15, 0.2) is 11.6 Å². The van der Waals surface area contributed by atoms with Crippen LogP contribution in [0.15, 0.2) is 104 Å². The molecule has 0 aliphatic carbocycles. The number of halogens is 1. The van der Waals surface area contributed by atoms with E-state index in [4.69, 9.17) is 27.0 Å². The van der Waals surface area contributed by atoms with Crippen LogP contribution < -0.4 is 10.1 Å². The number of ether oxygens (including phenoxy) is 1. The van der Waals surface area contributed by atoms with Crippen LogP contribution in [-0.4, -0.2) is 71.1 Å². The molecule has 48 heavy (non-hydrogen) atoms. The smallest absolute Gasteiger partial charge is 0.233 e. The summed E-state index contributed by atoms with van der Waals surface area (Å²) >= 11 is 0. The summed E-state index contributed by atoms with van der Waals surface area (Å²) in [5.41, 5.74) is 2.49. The second-order valence-corrected chi connectivity index (χ2v) is 11.1. The highest BCUT2D eigenvalue weighted by molar-refractivity contribution is 5.85. The molecule has 0 radical (unpaired) electrons. The Hall–Kier alpha value is -5.03. The maximum absolute atomic E-state index is 7.52. The van der Waals surface area contributed by atoms with Gasteiger partial charge in [-0.1, -0.05) is 96.8 Å². The van der Waals surface area contributed by atoms with Crippen LogP contribution in [0.2, 0.25) is 0 Å². The number of rotatable bonds is 9. The van der Waals surface area contributed by atoms with E-state index in [9.17, 15) is 0 Å². The summed E-state index contributed by atoms with van der Waals surface area (Å²) in [7, 11) is 1.66. The van der Waals surface area contributed by atoms with E-state index >= 15 is 0 Å². The lowest BCUT2D eigenvalue weighted by atomic mass is 9.75. The van der Waals surface area contributed by atoms with E-state index in [1.807, 2.05) is 54.9 Å². The van der Waals surface area contributed by atoms with E-state index in [1.54, 1.807) is 13.4 Å². The Labute approximate surface area is 295 Å². The lowest BCUT2D eigenvalue weighted by Crippen LogP contribution is -2.50. The second-order valence-electron chi connectivity index (χ2n) is 11.1. The molecular weight excluding hydrogens is 628 g/mol. The first-order valence-corrected chi connectivity index (χ1v) is 15.3. The number of methoxy groups -OCH3 is 1. The van der Waals surface area contributed by atoms with Gasteiger partial charge >= 0.3 is 0 Å². The number of nitrogens with zero attached hydrogens (tertiary/aromatic N) is 7. The SMILES string of the molecule is Cl.[2H]C([2H])([2H])Cc1noc(C2CN=CN(C(c3ccccc3)(c3ccccc3)c3ccc(OC)cc3)C2)n1.[2H]C([2H])([2H])Cc1noc(C2CN=CNC2)n1. The normalized spacial score (nSPS) is 19.5. The number of nitrogens with one attached hydrogen (secondary N) is 1. The summed E-state index contributed by atoms with van der Waals surface area (Å²) in [6, 6.07) is 28.7. The Morgan fingerprint density at radius 2 is 1.35 bits per heavy atom. The van der Waals surface area contributed by atoms with Crippen LogP contribution in [0.25, 0.3) is 0 Å². The fourth-order valence-corrected chi connectivity index (χ4v) is 5.86. The molecule has 7 rings (SSSR count). The van der Waals surface area contributed by atoms with Crippen LogP contribution >= 0.6 is 12.4 Å². The number of aryl methyl sites for hydroxylation is 2. The molecule has 0 spiro atoms. The van der Waals surface area contributed by atoms with E-state index in [0.29, 0.717) is 38.0 Å². The largest absolute Gasteiger partial charge is 0.497 e. The van der Waals surface area contributed by atoms with Crippen molar-refractivity contribution in [1.29, 1.82) is 0 Å². The van der Waals surface area contributed by atoms with Gasteiger partial charge in [-0.25, -0.2) is 0 Å². The van der Waals surface area contributed by atoms with Crippen LogP contribution in [0.3, 0.4) is 0 Å². The van der Waals surface area contributed by atoms with Crippen molar-refractivity contribution in [3.8, 4) is 5.75 Å². The highest BCUT2D eigenvalue weighted by atomic mass is 35.5. The first kappa shape index (κ1) is 27.0. The second kappa shape index (κ2) is 16.2. The molecule has 2 aliphatic heterocycles. The average molecular weight is 675 g/mol. The van der Waals surface area contributed by atoms with Gasteiger partial charge in [0, 0.05) is 34.2 Å².